The Morgan fingerprint density at radius 2 is 2.11 bits per heavy atom. The van der Waals surface area contributed by atoms with E-state index in [0.29, 0.717) is 18.7 Å². The van der Waals surface area contributed by atoms with Crippen molar-refractivity contribution >= 4 is 34.8 Å². The zero-order chi connectivity index (χ0) is 14.4. The largest absolute Gasteiger partial charge is 0.397 e. The molecule has 106 valence electrons. The number of ether oxygens (including phenoxy) is 1. The second-order valence-electron chi connectivity index (χ2n) is 3.87. The second kappa shape index (κ2) is 7.55. The number of benzene rings is 1. The topological polar surface area (TPSA) is 75.8 Å². The summed E-state index contributed by atoms with van der Waals surface area (Å²) in [5.41, 5.74) is 6.25. The molecule has 0 aliphatic heterocycles. The van der Waals surface area contributed by atoms with Gasteiger partial charge in [0.05, 0.1) is 28.9 Å². The summed E-state index contributed by atoms with van der Waals surface area (Å²) in [6, 6.07) is 2.92. The van der Waals surface area contributed by atoms with Gasteiger partial charge in [-0.2, -0.15) is 0 Å². The van der Waals surface area contributed by atoms with Gasteiger partial charge < -0.3 is 20.5 Å². The quantitative estimate of drug-likeness (QED) is 0.784. The number of methoxy groups -OCH3 is 1. The van der Waals surface area contributed by atoms with Crippen LogP contribution in [-0.4, -0.2) is 49.3 Å². The van der Waals surface area contributed by atoms with E-state index in [0.717, 1.165) is 0 Å². The van der Waals surface area contributed by atoms with Gasteiger partial charge in [-0.1, -0.05) is 23.2 Å². The summed E-state index contributed by atoms with van der Waals surface area (Å²) in [5.74, 6) is -0.281. The van der Waals surface area contributed by atoms with E-state index in [4.69, 9.17) is 38.8 Å². The smallest absolute Gasteiger partial charge is 0.254 e. The maximum atomic E-state index is 12.3. The van der Waals surface area contributed by atoms with Crippen molar-refractivity contribution in [3.05, 3.63) is 27.7 Å². The number of amides is 1. The number of nitrogen functional groups attached to an aromatic ring is 1. The average Bonchev–Trinajstić information content (AvgIpc) is 2.39. The number of carbonyl (C=O) groups excluding carboxylic acids is 1. The van der Waals surface area contributed by atoms with Crippen LogP contribution in [-0.2, 0) is 4.74 Å². The molecule has 0 fully saturated rings. The fourth-order valence-corrected chi connectivity index (χ4v) is 1.89. The highest BCUT2D eigenvalue weighted by atomic mass is 35.5. The molecular formula is C12H16Cl2N2O3. The number of anilines is 1. The van der Waals surface area contributed by atoms with Gasteiger partial charge in [0, 0.05) is 25.8 Å². The predicted molar refractivity (Wildman–Crippen MR) is 75.7 cm³/mol. The molecule has 0 aromatic heterocycles. The zero-order valence-corrected chi connectivity index (χ0v) is 12.0. The molecule has 0 radical (unpaired) electrons. The molecule has 1 aromatic carbocycles. The molecule has 7 heteroatoms. The number of halogens is 2. The number of hydrogen-bond donors (Lipinski definition) is 2. The molecule has 0 atom stereocenters. The maximum Gasteiger partial charge on any atom is 0.254 e. The average molecular weight is 307 g/mol. The Morgan fingerprint density at radius 3 is 2.63 bits per heavy atom. The molecule has 19 heavy (non-hydrogen) atoms. The van der Waals surface area contributed by atoms with Gasteiger partial charge in [-0.25, -0.2) is 0 Å². The van der Waals surface area contributed by atoms with Gasteiger partial charge >= 0.3 is 0 Å². The fraction of sp³-hybridized carbons (Fsp3) is 0.417. The highest BCUT2D eigenvalue weighted by molar-refractivity contribution is 6.43. The van der Waals surface area contributed by atoms with E-state index < -0.39 is 0 Å². The molecule has 0 aliphatic carbocycles. The third-order valence-electron chi connectivity index (χ3n) is 2.53. The normalized spacial score (nSPS) is 10.5. The van der Waals surface area contributed by atoms with Crippen molar-refractivity contribution in [3.63, 3.8) is 0 Å². The number of aliphatic hydroxyl groups excluding tert-OH is 1. The van der Waals surface area contributed by atoms with Gasteiger partial charge in [-0.05, 0) is 12.1 Å². The van der Waals surface area contributed by atoms with Crippen LogP contribution in [0.25, 0.3) is 0 Å². The van der Waals surface area contributed by atoms with Gasteiger partial charge in [0.15, 0.2) is 0 Å². The van der Waals surface area contributed by atoms with Gasteiger partial charge in [-0.3, -0.25) is 4.79 Å². The van der Waals surface area contributed by atoms with Crippen LogP contribution in [0, 0.1) is 0 Å². The van der Waals surface area contributed by atoms with Gasteiger partial charge in [0.2, 0.25) is 0 Å². The van der Waals surface area contributed by atoms with E-state index in [1.807, 2.05) is 0 Å². The lowest BCUT2D eigenvalue weighted by Gasteiger charge is -2.21. The molecule has 0 spiro atoms. The number of rotatable bonds is 6. The fourth-order valence-electron chi connectivity index (χ4n) is 1.55. The molecule has 0 heterocycles. The third-order valence-corrected chi connectivity index (χ3v) is 3.34. The lowest BCUT2D eigenvalue weighted by molar-refractivity contribution is 0.0656. The molecule has 5 nitrogen and oxygen atoms in total. The molecule has 0 unspecified atom stereocenters. The van der Waals surface area contributed by atoms with Crippen LogP contribution >= 0.6 is 23.2 Å². The van der Waals surface area contributed by atoms with E-state index in [2.05, 4.69) is 0 Å². The molecule has 3 N–H and O–H groups in total. The minimum atomic E-state index is -0.281. The van der Waals surface area contributed by atoms with Crippen molar-refractivity contribution in [1.82, 2.24) is 4.90 Å². The standard InChI is InChI=1S/C12H16Cl2N2O3/c1-19-5-3-16(2-4-17)12(18)8-6-9(13)11(14)10(15)7-8/h6-7,17H,2-5,15H2,1H3. The molecule has 0 saturated heterocycles. The highest BCUT2D eigenvalue weighted by Gasteiger charge is 2.17. The Kier molecular flexibility index (Phi) is 6.37. The molecular weight excluding hydrogens is 291 g/mol. The van der Waals surface area contributed by atoms with Crippen LogP contribution in [0.3, 0.4) is 0 Å². The summed E-state index contributed by atoms with van der Waals surface area (Å²) in [4.78, 5) is 13.7. The molecule has 0 saturated carbocycles. The molecule has 1 amide bonds. The monoisotopic (exact) mass is 306 g/mol. The van der Waals surface area contributed by atoms with Crippen molar-refractivity contribution < 1.29 is 14.6 Å². The van der Waals surface area contributed by atoms with Crippen LogP contribution < -0.4 is 5.73 Å². The first-order chi connectivity index (χ1) is 9.01. The minimum Gasteiger partial charge on any atom is -0.397 e. The van der Waals surface area contributed by atoms with Crippen molar-refractivity contribution in [2.75, 3.05) is 39.1 Å². The Morgan fingerprint density at radius 1 is 1.42 bits per heavy atom. The number of nitrogens with zero attached hydrogens (tertiary/aromatic N) is 1. The van der Waals surface area contributed by atoms with E-state index in [1.54, 1.807) is 7.11 Å². The Balaban J connectivity index is 2.95. The summed E-state index contributed by atoms with van der Waals surface area (Å²) >= 11 is 11.7. The molecule has 0 aliphatic rings. The van der Waals surface area contributed by atoms with Crippen LogP contribution in [0.1, 0.15) is 10.4 Å². The maximum absolute atomic E-state index is 12.3. The first kappa shape index (κ1) is 16.0. The zero-order valence-electron chi connectivity index (χ0n) is 10.5. The van der Waals surface area contributed by atoms with Crippen molar-refractivity contribution in [3.8, 4) is 0 Å². The van der Waals surface area contributed by atoms with Gasteiger partial charge in [0.25, 0.3) is 5.91 Å². The van der Waals surface area contributed by atoms with Gasteiger partial charge in [-0.15, -0.1) is 0 Å². The van der Waals surface area contributed by atoms with Gasteiger partial charge in [0.1, 0.15) is 0 Å². The third kappa shape index (κ3) is 4.24. The number of nitrogens with two attached hydrogens (primary N) is 1. The second-order valence-corrected chi connectivity index (χ2v) is 4.66. The van der Waals surface area contributed by atoms with Crippen LogP contribution in [0.15, 0.2) is 12.1 Å². The molecule has 1 aromatic rings. The number of hydrogen-bond acceptors (Lipinski definition) is 4. The van der Waals surface area contributed by atoms with Crippen LogP contribution in [0.4, 0.5) is 5.69 Å². The van der Waals surface area contributed by atoms with Crippen molar-refractivity contribution in [2.24, 2.45) is 0 Å². The van der Waals surface area contributed by atoms with Crippen molar-refractivity contribution in [2.45, 2.75) is 0 Å². The minimum absolute atomic E-state index is 0.133. The molecule has 1 rings (SSSR count). The highest BCUT2D eigenvalue weighted by Crippen LogP contribution is 2.29. The summed E-state index contributed by atoms with van der Waals surface area (Å²) in [6.45, 7) is 0.827. The van der Waals surface area contributed by atoms with Crippen LogP contribution in [0.2, 0.25) is 10.0 Å². The van der Waals surface area contributed by atoms with E-state index >= 15 is 0 Å². The summed E-state index contributed by atoms with van der Waals surface area (Å²) in [7, 11) is 1.54. The Labute approximate surface area is 121 Å². The lowest BCUT2D eigenvalue weighted by Crippen LogP contribution is -2.36. The number of carbonyl (C=O) groups is 1. The SMILES string of the molecule is COCCN(CCO)C(=O)c1cc(N)c(Cl)c(Cl)c1. The van der Waals surface area contributed by atoms with Crippen LogP contribution in [0.5, 0.6) is 0 Å². The molecule has 0 bridgehead atoms. The lowest BCUT2D eigenvalue weighted by atomic mass is 10.1. The summed E-state index contributed by atoms with van der Waals surface area (Å²) in [6.07, 6.45) is 0. The predicted octanol–water partition coefficient (Wildman–Crippen LogP) is 1.66. The summed E-state index contributed by atoms with van der Waals surface area (Å²) < 4.78 is 4.92. The number of aliphatic hydroxyl groups is 1. The van der Waals surface area contributed by atoms with E-state index in [9.17, 15) is 4.79 Å². The first-order valence-corrected chi connectivity index (χ1v) is 6.40. The summed E-state index contributed by atoms with van der Waals surface area (Å²) in [5, 5.41) is 9.43. The van der Waals surface area contributed by atoms with Crippen molar-refractivity contribution in [1.29, 1.82) is 0 Å². The van der Waals surface area contributed by atoms with E-state index in [-0.39, 0.29) is 34.8 Å². The Hall–Kier alpha value is -1.01. The van der Waals surface area contributed by atoms with E-state index in [1.165, 1.54) is 17.0 Å². The first-order valence-electron chi connectivity index (χ1n) is 5.64. The Bertz CT molecular complexity index is 432.